The van der Waals surface area contributed by atoms with Gasteiger partial charge in [0.05, 0.1) is 25.1 Å². The monoisotopic (exact) mass is 825 g/mol. The van der Waals surface area contributed by atoms with E-state index in [9.17, 15) is 8.22 Å². The molecule has 2 aliphatic rings. The van der Waals surface area contributed by atoms with Gasteiger partial charge in [-0.2, -0.15) is 0 Å². The van der Waals surface area contributed by atoms with Gasteiger partial charge in [-0.25, -0.2) is 0 Å². The van der Waals surface area contributed by atoms with Crippen LogP contribution < -0.4 is 25.3 Å². The van der Waals surface area contributed by atoms with Gasteiger partial charge in [-0.05, 0) is 127 Å². The van der Waals surface area contributed by atoms with Crippen LogP contribution >= 0.6 is 22.7 Å². The molecule has 0 radical (unpaired) electrons. The van der Waals surface area contributed by atoms with Gasteiger partial charge in [0.15, 0.2) is 0 Å². The smallest absolute Gasteiger partial charge is 0.268 e. The first-order valence-corrected chi connectivity index (χ1v) is 22.2. The van der Waals surface area contributed by atoms with Crippen molar-refractivity contribution in [2.75, 3.05) is 4.90 Å². The van der Waals surface area contributed by atoms with Crippen molar-refractivity contribution < 1.29 is 18.4 Å². The van der Waals surface area contributed by atoms with Gasteiger partial charge < -0.3 is 9.64 Å². The maximum absolute atomic E-state index is 10.3. The molecule has 0 N–H and O–H groups in total. The minimum absolute atomic E-state index is 0.0244. The van der Waals surface area contributed by atoms with E-state index in [-0.39, 0.29) is 68.8 Å². The van der Waals surface area contributed by atoms with Crippen LogP contribution in [0.15, 0.2) is 121 Å². The Balaban J connectivity index is 1.33. The molecule has 0 bridgehead atoms. The molecule has 0 unspecified atom stereocenters. The van der Waals surface area contributed by atoms with Crippen molar-refractivity contribution in [3.8, 4) is 22.6 Å². The van der Waals surface area contributed by atoms with E-state index in [1.807, 2.05) is 44.7 Å². The van der Waals surface area contributed by atoms with E-state index >= 15 is 0 Å². The van der Waals surface area contributed by atoms with Crippen LogP contribution in [0.3, 0.4) is 0 Å². The lowest BCUT2D eigenvalue weighted by Crippen LogP contribution is -2.58. The fourth-order valence-electron chi connectivity index (χ4n) is 8.93. The number of aryl methyl sites for hydroxylation is 1. The number of benzene rings is 7. The van der Waals surface area contributed by atoms with Crippen LogP contribution in [-0.2, 0) is 16.2 Å². The van der Waals surface area contributed by atoms with Crippen molar-refractivity contribution in [1.29, 1.82) is 0 Å². The fourth-order valence-corrected chi connectivity index (χ4v) is 11.3. The zero-order valence-corrected chi connectivity index (χ0v) is 37.2. The van der Waals surface area contributed by atoms with Crippen LogP contribution in [0.5, 0.6) is 11.5 Å². The normalized spacial score (nSPS) is 16.2. The molecule has 4 heterocycles. The maximum atomic E-state index is 10.3. The standard InChI is InChI=1S/C55H50BNOS2/c1-31-24-44-50-46(25-31)58-45-30-49-40(39-27-34(54(5,6)7)19-22-47(39)59-49)29-42(45)56(50)52-51(41-28-35(55(8,9)10)20-23-48(41)60-52)57(44)43-21-18-33(53(2,3)4)26-38(43)37-17-13-15-32-14-11-12-16-36(32)37/h11-30H,1-10H3/i11D,12D,13D,14D,15D,16D,17D,18D,21D,26D. The van der Waals surface area contributed by atoms with Gasteiger partial charge in [0, 0.05) is 46.3 Å². The molecule has 0 spiro atoms. The summed E-state index contributed by atoms with van der Waals surface area (Å²) in [4.78, 5) is 1.95. The highest BCUT2D eigenvalue weighted by molar-refractivity contribution is 7.33. The van der Waals surface area contributed by atoms with E-state index in [0.29, 0.717) is 11.4 Å². The molecule has 0 aliphatic carbocycles. The minimum Gasteiger partial charge on any atom is -0.458 e. The number of thiophene rings is 2. The van der Waals surface area contributed by atoms with E-state index in [1.54, 1.807) is 22.7 Å². The van der Waals surface area contributed by atoms with Crippen LogP contribution in [0, 0.1) is 6.92 Å². The molecule has 0 fully saturated rings. The second-order valence-electron chi connectivity index (χ2n) is 19.5. The third-order valence-electron chi connectivity index (χ3n) is 12.2. The predicted molar refractivity (Wildman–Crippen MR) is 264 cm³/mol. The summed E-state index contributed by atoms with van der Waals surface area (Å²) >= 11 is 3.38. The van der Waals surface area contributed by atoms with Gasteiger partial charge in [0.2, 0.25) is 0 Å². The van der Waals surface area contributed by atoms with Crippen molar-refractivity contribution in [3.05, 3.63) is 143 Å². The molecule has 2 aromatic heterocycles. The SMILES string of the molecule is [2H]c1c([2H])c(C(C)(C)C)c([2H])c(-c2c([2H])c([2H])c([2H])c3c([2H])c([2H])c([2H])c([2H])c23)c1N1c2cc(C)cc3c2B(c2cc4c(cc2O3)sc2ccc(C(C)(C)C)cc24)c2sc3ccc(C(C)(C)C)cc3c21. The highest BCUT2D eigenvalue weighted by Crippen LogP contribution is 2.51. The average Bonchev–Trinajstić information content (AvgIpc) is 3.84. The van der Waals surface area contributed by atoms with E-state index in [4.69, 9.17) is 10.2 Å². The van der Waals surface area contributed by atoms with Crippen LogP contribution in [-0.4, -0.2) is 6.71 Å². The Labute approximate surface area is 376 Å². The molecule has 9 aromatic rings. The molecular weight excluding hydrogens is 766 g/mol. The molecule has 11 rings (SSSR count). The van der Waals surface area contributed by atoms with Crippen LogP contribution in [0.2, 0.25) is 0 Å². The topological polar surface area (TPSA) is 12.5 Å². The first-order chi connectivity index (χ1) is 32.7. The van der Waals surface area contributed by atoms with E-state index in [2.05, 4.69) is 90.1 Å². The highest BCUT2D eigenvalue weighted by atomic mass is 32.1. The highest BCUT2D eigenvalue weighted by Gasteiger charge is 2.45. The lowest BCUT2D eigenvalue weighted by molar-refractivity contribution is 0.488. The lowest BCUT2D eigenvalue weighted by Gasteiger charge is -2.40. The molecule has 0 amide bonds. The van der Waals surface area contributed by atoms with Gasteiger partial charge >= 0.3 is 0 Å². The predicted octanol–water partition coefficient (Wildman–Crippen LogP) is 14.7. The van der Waals surface area contributed by atoms with Gasteiger partial charge in [-0.1, -0.05) is 129 Å². The summed E-state index contributed by atoms with van der Waals surface area (Å²) < 4.78 is 105. The largest absolute Gasteiger partial charge is 0.458 e. The molecule has 60 heavy (non-hydrogen) atoms. The second kappa shape index (κ2) is 12.8. The van der Waals surface area contributed by atoms with E-state index in [0.717, 1.165) is 58.4 Å². The zero-order chi connectivity index (χ0) is 50.3. The number of anilines is 3. The third kappa shape index (κ3) is 5.72. The molecule has 0 atom stereocenters. The first-order valence-electron chi connectivity index (χ1n) is 25.5. The quantitative estimate of drug-likeness (QED) is 0.161. The van der Waals surface area contributed by atoms with Crippen molar-refractivity contribution in [2.24, 2.45) is 0 Å². The Morgan fingerprint density at radius 1 is 0.567 bits per heavy atom. The molecule has 2 nitrogen and oxygen atoms in total. The Morgan fingerprint density at radius 3 is 1.97 bits per heavy atom. The Bertz CT molecular complexity index is 3850. The van der Waals surface area contributed by atoms with Crippen LogP contribution in [0.4, 0.5) is 17.1 Å². The van der Waals surface area contributed by atoms with E-state index < -0.39 is 47.7 Å². The zero-order valence-electron chi connectivity index (χ0n) is 45.5. The van der Waals surface area contributed by atoms with Crippen molar-refractivity contribution in [3.63, 3.8) is 0 Å². The summed E-state index contributed by atoms with van der Waals surface area (Å²) in [6.45, 7) is 20.3. The minimum atomic E-state index is -0.882. The first kappa shape index (κ1) is 28.2. The number of ether oxygens (including phenoxy) is 1. The van der Waals surface area contributed by atoms with Crippen LogP contribution in [0.1, 0.15) is 98.3 Å². The number of fused-ring (bicyclic) bond motifs is 10. The molecule has 0 saturated heterocycles. The van der Waals surface area contributed by atoms with Crippen molar-refractivity contribution in [2.45, 2.75) is 85.5 Å². The fraction of sp³-hybridized carbons (Fsp3) is 0.236. The number of hydrogen-bond acceptors (Lipinski definition) is 4. The van der Waals surface area contributed by atoms with Crippen molar-refractivity contribution >= 4 is 103 Å². The number of nitrogens with zero attached hydrogens (tertiary/aromatic N) is 1. The molecule has 0 saturated carbocycles. The number of rotatable bonds is 2. The van der Waals surface area contributed by atoms with E-state index in [1.165, 1.54) is 15.6 Å². The molecule has 7 aromatic carbocycles. The van der Waals surface area contributed by atoms with Gasteiger partial charge in [-0.3, -0.25) is 0 Å². The summed E-state index contributed by atoms with van der Waals surface area (Å²) in [5.74, 6) is 1.36. The molecule has 2 aliphatic heterocycles. The third-order valence-corrected chi connectivity index (χ3v) is 14.5. The average molecular weight is 826 g/mol. The van der Waals surface area contributed by atoms with Gasteiger partial charge in [-0.15, -0.1) is 22.7 Å². The Kier molecular flexibility index (Phi) is 6.04. The summed E-state index contributed by atoms with van der Waals surface area (Å²) in [7, 11) is 0. The summed E-state index contributed by atoms with van der Waals surface area (Å²) in [6.07, 6.45) is 0. The maximum Gasteiger partial charge on any atom is 0.268 e. The van der Waals surface area contributed by atoms with Gasteiger partial charge in [0.25, 0.3) is 6.71 Å². The summed E-state index contributed by atoms with van der Waals surface area (Å²) in [6, 6.07) is 17.2. The summed E-state index contributed by atoms with van der Waals surface area (Å²) in [5, 5.41) is 2.75. The summed E-state index contributed by atoms with van der Waals surface area (Å²) in [5.41, 5.74) is 5.21. The Hall–Kier alpha value is -5.36. The molecular formula is C55H50BNOS2. The van der Waals surface area contributed by atoms with Crippen LogP contribution in [0.25, 0.3) is 52.2 Å². The second-order valence-corrected chi connectivity index (χ2v) is 21.7. The lowest BCUT2D eigenvalue weighted by atomic mass is 9.37. The molecule has 5 heteroatoms. The number of hydrogen-bond donors (Lipinski definition) is 0. The van der Waals surface area contributed by atoms with Gasteiger partial charge in [0.1, 0.15) is 11.5 Å². The van der Waals surface area contributed by atoms with Crippen molar-refractivity contribution in [1.82, 2.24) is 0 Å². The molecule has 296 valence electrons. The Morgan fingerprint density at radius 2 is 1.23 bits per heavy atom.